The summed E-state index contributed by atoms with van der Waals surface area (Å²) in [5.41, 5.74) is 0. The molecule has 22 heavy (non-hydrogen) atoms. The Morgan fingerprint density at radius 1 is 0.955 bits per heavy atom. The fourth-order valence-electron chi connectivity index (χ4n) is 7.42. The highest BCUT2D eigenvalue weighted by molar-refractivity contribution is 6.02. The maximum atomic E-state index is 12.1. The molecular formula is C18H24O4. The maximum absolute atomic E-state index is 12.1. The highest BCUT2D eigenvalue weighted by Gasteiger charge is 2.69. The van der Waals surface area contributed by atoms with Crippen molar-refractivity contribution < 1.29 is 19.1 Å². The van der Waals surface area contributed by atoms with E-state index in [1.807, 2.05) is 0 Å². The summed E-state index contributed by atoms with van der Waals surface area (Å²) in [6, 6.07) is 0. The maximum Gasteiger partial charge on any atom is 0.308 e. The summed E-state index contributed by atoms with van der Waals surface area (Å²) in [6.45, 7) is 0. The predicted molar refractivity (Wildman–Crippen MR) is 77.7 cm³/mol. The number of ether oxygens (including phenoxy) is 2. The van der Waals surface area contributed by atoms with Gasteiger partial charge in [0.1, 0.15) is 6.10 Å². The number of esters is 1. The first kappa shape index (κ1) is 13.5. The van der Waals surface area contributed by atoms with Crippen LogP contribution in [0.3, 0.4) is 0 Å². The molecule has 0 radical (unpaired) electrons. The molecule has 0 heterocycles. The van der Waals surface area contributed by atoms with Crippen molar-refractivity contribution in [1.82, 2.24) is 0 Å². The van der Waals surface area contributed by atoms with Crippen LogP contribution in [0.2, 0.25) is 0 Å². The van der Waals surface area contributed by atoms with Gasteiger partial charge in [-0.05, 0) is 67.1 Å². The van der Waals surface area contributed by atoms with Crippen LogP contribution in [0.5, 0.6) is 0 Å². The zero-order valence-electron chi connectivity index (χ0n) is 13.2. The standard InChI is InChI=1S/C18H24O4/c1-21-17-15(16(17)19)10-4-7-3-9(10)14-11-5-8(13(7)14)6-12(11)18(20)22-2/h7-15,17H,3-6H2,1-2H3. The van der Waals surface area contributed by atoms with Crippen molar-refractivity contribution in [3.63, 3.8) is 0 Å². The molecule has 5 aliphatic rings. The molecule has 0 spiro atoms. The summed E-state index contributed by atoms with van der Waals surface area (Å²) in [5.74, 6) is 5.39. The molecule has 0 saturated heterocycles. The number of methoxy groups -OCH3 is 2. The second-order valence-corrected chi connectivity index (χ2v) is 8.32. The van der Waals surface area contributed by atoms with Gasteiger partial charge in [0.25, 0.3) is 0 Å². The molecule has 0 aromatic rings. The summed E-state index contributed by atoms with van der Waals surface area (Å²) in [4.78, 5) is 24.1. The Balaban J connectivity index is 1.40. The van der Waals surface area contributed by atoms with Crippen molar-refractivity contribution in [3.05, 3.63) is 0 Å². The predicted octanol–water partition coefficient (Wildman–Crippen LogP) is 1.92. The van der Waals surface area contributed by atoms with E-state index in [4.69, 9.17) is 9.47 Å². The Morgan fingerprint density at radius 3 is 2.32 bits per heavy atom. The van der Waals surface area contributed by atoms with Crippen molar-refractivity contribution >= 4 is 11.8 Å². The summed E-state index contributed by atoms with van der Waals surface area (Å²) in [6.07, 6.45) is 4.67. The smallest absolute Gasteiger partial charge is 0.308 e. The highest BCUT2D eigenvalue weighted by atomic mass is 16.5. The number of carbonyl (C=O) groups is 2. The lowest BCUT2D eigenvalue weighted by atomic mass is 9.64. The zero-order valence-corrected chi connectivity index (χ0v) is 13.2. The molecule has 4 heteroatoms. The first-order valence-corrected chi connectivity index (χ1v) is 8.80. The van der Waals surface area contributed by atoms with Crippen molar-refractivity contribution in [1.29, 1.82) is 0 Å². The molecular weight excluding hydrogens is 280 g/mol. The number of rotatable bonds is 3. The Morgan fingerprint density at radius 2 is 1.64 bits per heavy atom. The van der Waals surface area contributed by atoms with Crippen LogP contribution in [0.1, 0.15) is 25.7 Å². The van der Waals surface area contributed by atoms with E-state index >= 15 is 0 Å². The molecule has 4 nitrogen and oxygen atoms in total. The van der Waals surface area contributed by atoms with Crippen LogP contribution in [0.25, 0.3) is 0 Å². The first-order valence-electron chi connectivity index (χ1n) is 8.80. The molecule has 10 unspecified atom stereocenters. The van der Waals surface area contributed by atoms with Gasteiger partial charge in [0, 0.05) is 7.11 Å². The molecule has 0 aliphatic heterocycles. The third-order valence-electron chi connectivity index (χ3n) is 7.92. The van der Waals surface area contributed by atoms with E-state index in [9.17, 15) is 9.59 Å². The zero-order chi connectivity index (χ0) is 15.2. The van der Waals surface area contributed by atoms with Crippen LogP contribution in [0.4, 0.5) is 0 Å². The lowest BCUT2D eigenvalue weighted by molar-refractivity contribution is -0.149. The quantitative estimate of drug-likeness (QED) is 0.590. The van der Waals surface area contributed by atoms with Gasteiger partial charge in [0.15, 0.2) is 5.78 Å². The van der Waals surface area contributed by atoms with Crippen molar-refractivity contribution in [3.8, 4) is 0 Å². The third kappa shape index (κ3) is 1.48. The molecule has 120 valence electrons. The minimum Gasteiger partial charge on any atom is -0.469 e. The van der Waals surface area contributed by atoms with Crippen LogP contribution in [0.15, 0.2) is 0 Å². The highest BCUT2D eigenvalue weighted by Crippen LogP contribution is 2.72. The van der Waals surface area contributed by atoms with Crippen LogP contribution in [0, 0.1) is 53.3 Å². The summed E-state index contributed by atoms with van der Waals surface area (Å²) < 4.78 is 10.4. The van der Waals surface area contributed by atoms with E-state index in [0.717, 1.165) is 24.2 Å². The minimum absolute atomic E-state index is 0.00235. The number of fused-ring (bicyclic) bond motifs is 9. The van der Waals surface area contributed by atoms with Gasteiger partial charge in [-0.3, -0.25) is 9.59 Å². The van der Waals surface area contributed by atoms with Crippen molar-refractivity contribution in [2.45, 2.75) is 31.8 Å². The van der Waals surface area contributed by atoms with E-state index < -0.39 is 0 Å². The van der Waals surface area contributed by atoms with Crippen molar-refractivity contribution in [2.24, 2.45) is 53.3 Å². The number of hydrogen-bond acceptors (Lipinski definition) is 4. The Bertz CT molecular complexity index is 543. The topological polar surface area (TPSA) is 52.6 Å². The van der Waals surface area contributed by atoms with Gasteiger partial charge in [0.05, 0.1) is 18.9 Å². The lowest BCUT2D eigenvalue weighted by Crippen LogP contribution is -2.39. The Kier molecular flexibility index (Phi) is 2.67. The van der Waals surface area contributed by atoms with Crippen LogP contribution in [-0.4, -0.2) is 32.1 Å². The molecule has 10 atom stereocenters. The van der Waals surface area contributed by atoms with Gasteiger partial charge in [-0.2, -0.15) is 0 Å². The second-order valence-electron chi connectivity index (χ2n) is 8.32. The van der Waals surface area contributed by atoms with Gasteiger partial charge in [0.2, 0.25) is 0 Å². The van der Waals surface area contributed by atoms with Gasteiger partial charge in [-0.15, -0.1) is 0 Å². The average molecular weight is 304 g/mol. The molecule has 5 rings (SSSR count). The van der Waals surface area contributed by atoms with E-state index in [-0.39, 0.29) is 23.9 Å². The third-order valence-corrected chi connectivity index (χ3v) is 7.92. The molecule has 5 aliphatic carbocycles. The van der Waals surface area contributed by atoms with Gasteiger partial charge in [-0.1, -0.05) is 0 Å². The number of carbonyl (C=O) groups excluding carboxylic acids is 2. The lowest BCUT2D eigenvalue weighted by Gasteiger charge is -2.40. The monoisotopic (exact) mass is 304 g/mol. The van der Waals surface area contributed by atoms with Crippen LogP contribution in [-0.2, 0) is 19.1 Å². The molecule has 5 saturated carbocycles. The Labute approximate surface area is 130 Å². The molecule has 5 fully saturated rings. The van der Waals surface area contributed by atoms with E-state index in [0.29, 0.717) is 29.5 Å². The normalized spacial score (nSPS) is 57.3. The van der Waals surface area contributed by atoms with E-state index in [1.54, 1.807) is 7.11 Å². The molecule has 0 aromatic carbocycles. The number of hydrogen-bond donors (Lipinski definition) is 0. The summed E-state index contributed by atoms with van der Waals surface area (Å²) >= 11 is 0. The van der Waals surface area contributed by atoms with Gasteiger partial charge in [-0.25, -0.2) is 0 Å². The SMILES string of the molecule is COC(=O)C1CC2CC1C1C3CC(CC3C3C(=O)C3OC)C21. The molecule has 0 aromatic heterocycles. The second kappa shape index (κ2) is 4.34. The van der Waals surface area contributed by atoms with Crippen molar-refractivity contribution in [2.75, 3.05) is 14.2 Å². The number of Topliss-reactive ketones (excluding diaryl/α,β-unsaturated/α-hetero) is 1. The molecule has 4 bridgehead atoms. The fraction of sp³-hybridized carbons (Fsp3) is 0.889. The largest absolute Gasteiger partial charge is 0.469 e. The molecule has 0 amide bonds. The molecule has 0 N–H and O–H groups in total. The van der Waals surface area contributed by atoms with Crippen LogP contribution >= 0.6 is 0 Å². The van der Waals surface area contributed by atoms with E-state index in [2.05, 4.69) is 0 Å². The van der Waals surface area contributed by atoms with Gasteiger partial charge >= 0.3 is 5.97 Å². The Hall–Kier alpha value is -0.900. The average Bonchev–Trinajstić information content (AvgIpc) is 3.05. The summed E-state index contributed by atoms with van der Waals surface area (Å²) in [7, 11) is 3.17. The van der Waals surface area contributed by atoms with E-state index in [1.165, 1.54) is 26.4 Å². The fourth-order valence-corrected chi connectivity index (χ4v) is 7.42. The first-order chi connectivity index (χ1) is 10.7. The van der Waals surface area contributed by atoms with Crippen LogP contribution < -0.4 is 0 Å². The van der Waals surface area contributed by atoms with Gasteiger partial charge < -0.3 is 9.47 Å². The summed E-state index contributed by atoms with van der Waals surface area (Å²) in [5, 5.41) is 0. The number of ketones is 1. The minimum atomic E-state index is -0.127.